The molecule has 7 heteroatoms. The van der Waals surface area contributed by atoms with Crippen LogP contribution in [0, 0.1) is 5.92 Å². The third kappa shape index (κ3) is 9.42. The van der Waals surface area contributed by atoms with Crippen molar-refractivity contribution >= 4 is 13.6 Å². The highest BCUT2D eigenvalue weighted by Gasteiger charge is 2.38. The second-order valence-corrected chi connectivity index (χ2v) is 10.6. The molecule has 0 amide bonds. The van der Waals surface area contributed by atoms with E-state index in [1.165, 1.54) is 0 Å². The first-order chi connectivity index (χ1) is 15.9. The molecule has 0 radical (unpaired) electrons. The molecule has 1 N–H and O–H groups in total. The summed E-state index contributed by atoms with van der Waals surface area (Å²) >= 11 is 0. The summed E-state index contributed by atoms with van der Waals surface area (Å²) in [5, 5.41) is 3.31. The van der Waals surface area contributed by atoms with E-state index in [-0.39, 0.29) is 31.7 Å². The van der Waals surface area contributed by atoms with E-state index in [0.717, 1.165) is 11.1 Å². The monoisotopic (exact) mass is 475 g/mol. The molecule has 182 valence electrons. The molecule has 33 heavy (non-hydrogen) atoms. The Hall–Kier alpha value is -1.98. The minimum absolute atomic E-state index is 0.194. The van der Waals surface area contributed by atoms with E-state index in [0.29, 0.717) is 19.3 Å². The third-order valence-corrected chi connectivity index (χ3v) is 7.57. The average molecular weight is 476 g/mol. The fourth-order valence-corrected chi connectivity index (χ4v) is 5.59. The minimum Gasteiger partial charge on any atom is -0.460 e. The lowest BCUT2D eigenvalue weighted by Crippen LogP contribution is -2.45. The smallest absolute Gasteiger partial charge is 0.347 e. The van der Waals surface area contributed by atoms with E-state index in [1.807, 2.05) is 74.5 Å². The Labute approximate surface area is 198 Å². The molecule has 0 heterocycles. The maximum absolute atomic E-state index is 13.7. The molecule has 0 aliphatic carbocycles. The van der Waals surface area contributed by atoms with Gasteiger partial charge in [0.05, 0.1) is 13.2 Å². The fraction of sp³-hybridized carbons (Fsp3) is 0.500. The molecule has 2 aromatic rings. The molecule has 0 saturated heterocycles. The van der Waals surface area contributed by atoms with Crippen molar-refractivity contribution in [3.8, 4) is 0 Å². The Morgan fingerprint density at radius 3 is 1.97 bits per heavy atom. The van der Waals surface area contributed by atoms with Gasteiger partial charge >= 0.3 is 13.6 Å². The van der Waals surface area contributed by atoms with Crippen LogP contribution in [0.15, 0.2) is 60.7 Å². The second-order valence-electron chi connectivity index (χ2n) is 8.36. The molecule has 0 fully saturated rings. The van der Waals surface area contributed by atoms with Crippen molar-refractivity contribution < 1.29 is 23.1 Å². The highest BCUT2D eigenvalue weighted by molar-refractivity contribution is 7.54. The number of hydrogen-bond donors (Lipinski definition) is 1. The summed E-state index contributed by atoms with van der Waals surface area (Å²) in [7, 11) is -3.50. The second kappa shape index (κ2) is 14.3. The summed E-state index contributed by atoms with van der Waals surface area (Å²) < 4.78 is 30.6. The number of carbonyl (C=O) groups is 1. The molecule has 2 atom stereocenters. The van der Waals surface area contributed by atoms with E-state index in [4.69, 9.17) is 13.8 Å². The lowest BCUT2D eigenvalue weighted by molar-refractivity contribution is -0.148. The van der Waals surface area contributed by atoms with Crippen molar-refractivity contribution in [1.29, 1.82) is 0 Å². The van der Waals surface area contributed by atoms with Gasteiger partial charge in [0, 0.05) is 0 Å². The molecule has 0 aliphatic heterocycles. The van der Waals surface area contributed by atoms with Crippen LogP contribution in [-0.4, -0.2) is 31.0 Å². The number of esters is 1. The fourth-order valence-electron chi connectivity index (χ4n) is 3.62. The summed E-state index contributed by atoms with van der Waals surface area (Å²) in [5.41, 5.74) is 2.04. The van der Waals surface area contributed by atoms with Gasteiger partial charge in [-0.3, -0.25) is 14.7 Å². The molecule has 2 aromatic carbocycles. The highest BCUT2D eigenvalue weighted by Crippen LogP contribution is 2.53. The predicted molar refractivity (Wildman–Crippen MR) is 132 cm³/mol. The van der Waals surface area contributed by atoms with Crippen molar-refractivity contribution in [1.82, 2.24) is 5.32 Å². The van der Waals surface area contributed by atoms with Crippen LogP contribution in [0.5, 0.6) is 0 Å². The van der Waals surface area contributed by atoms with Crippen LogP contribution in [0.25, 0.3) is 0 Å². The van der Waals surface area contributed by atoms with Crippen molar-refractivity contribution in [2.45, 2.75) is 65.4 Å². The molecule has 6 nitrogen and oxygen atoms in total. The Kier molecular flexibility index (Phi) is 11.8. The summed E-state index contributed by atoms with van der Waals surface area (Å²) in [4.78, 5) is 13.0. The van der Waals surface area contributed by atoms with Gasteiger partial charge in [0.2, 0.25) is 0 Å². The molecule has 0 spiro atoms. The molecule has 0 saturated carbocycles. The first-order valence-corrected chi connectivity index (χ1v) is 13.4. The predicted octanol–water partition coefficient (Wildman–Crippen LogP) is 5.96. The van der Waals surface area contributed by atoms with E-state index in [2.05, 4.69) is 5.32 Å². The number of carbonyl (C=O) groups excluding carboxylic acids is 1. The van der Waals surface area contributed by atoms with Gasteiger partial charge in [0.25, 0.3) is 0 Å². The van der Waals surface area contributed by atoms with Crippen molar-refractivity contribution in [3.63, 3.8) is 0 Å². The summed E-state index contributed by atoms with van der Waals surface area (Å²) in [6.45, 7) is 8.38. The lowest BCUT2D eigenvalue weighted by Gasteiger charge is -2.31. The SMILES string of the molecule is CCOP(=O)(OCC)[C@H](CCc1ccccc1)N[C@@H](CC(C)C)C(=O)OCc1ccccc1. The number of benzene rings is 2. The first-order valence-electron chi connectivity index (χ1n) is 11.8. The lowest BCUT2D eigenvalue weighted by atomic mass is 10.0. The van der Waals surface area contributed by atoms with Crippen LogP contribution in [0.2, 0.25) is 0 Å². The average Bonchev–Trinajstić information content (AvgIpc) is 2.80. The van der Waals surface area contributed by atoms with Crippen molar-refractivity contribution in [2.24, 2.45) is 5.92 Å². The standard InChI is InChI=1S/C26H38NO5P/c1-5-31-33(29,32-6-2)25(18-17-22-13-9-7-10-14-22)27-24(19-21(3)4)26(28)30-20-23-15-11-8-12-16-23/h7-16,21,24-25,27H,5-6,17-20H2,1-4H3/t24-,25+/m0/s1. The van der Waals surface area contributed by atoms with Crippen molar-refractivity contribution in [2.75, 3.05) is 13.2 Å². The van der Waals surface area contributed by atoms with Crippen LogP contribution in [-0.2, 0) is 36.2 Å². The summed E-state index contributed by atoms with van der Waals surface area (Å²) in [6.07, 6.45) is 1.73. The van der Waals surface area contributed by atoms with E-state index >= 15 is 0 Å². The maximum atomic E-state index is 13.7. The molecule has 0 unspecified atom stereocenters. The molecular weight excluding hydrogens is 437 g/mol. The van der Waals surface area contributed by atoms with Crippen LogP contribution < -0.4 is 5.32 Å². The zero-order valence-electron chi connectivity index (χ0n) is 20.2. The van der Waals surface area contributed by atoms with Gasteiger partial charge in [-0.2, -0.15) is 0 Å². The van der Waals surface area contributed by atoms with Gasteiger partial charge in [0.1, 0.15) is 18.4 Å². The number of rotatable bonds is 15. The van der Waals surface area contributed by atoms with Gasteiger partial charge in [0.15, 0.2) is 0 Å². The van der Waals surface area contributed by atoms with Crippen LogP contribution in [0.3, 0.4) is 0 Å². The largest absolute Gasteiger partial charge is 0.460 e. The first kappa shape index (κ1) is 27.3. The quantitative estimate of drug-likeness (QED) is 0.253. The molecule has 0 aliphatic rings. The zero-order chi connectivity index (χ0) is 24.1. The number of nitrogens with one attached hydrogen (secondary N) is 1. The topological polar surface area (TPSA) is 73.9 Å². The van der Waals surface area contributed by atoms with Gasteiger partial charge in [-0.05, 0) is 50.2 Å². The summed E-state index contributed by atoms with van der Waals surface area (Å²) in [5.74, 6) is -0.762. The molecule has 0 bridgehead atoms. The van der Waals surface area contributed by atoms with E-state index in [9.17, 15) is 9.36 Å². The highest BCUT2D eigenvalue weighted by atomic mass is 31.2. The Bertz CT molecular complexity index is 850. The molecule has 2 rings (SSSR count). The third-order valence-electron chi connectivity index (χ3n) is 5.16. The van der Waals surface area contributed by atoms with Crippen molar-refractivity contribution in [3.05, 3.63) is 71.8 Å². The van der Waals surface area contributed by atoms with E-state index in [1.54, 1.807) is 13.8 Å². The Morgan fingerprint density at radius 1 is 0.909 bits per heavy atom. The Balaban J connectivity index is 2.20. The van der Waals surface area contributed by atoms with Gasteiger partial charge in [-0.1, -0.05) is 74.5 Å². The van der Waals surface area contributed by atoms with Gasteiger partial charge in [-0.15, -0.1) is 0 Å². The van der Waals surface area contributed by atoms with E-state index < -0.39 is 19.4 Å². The normalized spacial score (nSPS) is 13.6. The molecular formula is C26H38NO5P. The van der Waals surface area contributed by atoms with Crippen LogP contribution in [0.1, 0.15) is 51.7 Å². The number of aryl methyl sites for hydroxylation is 1. The Morgan fingerprint density at radius 2 is 1.45 bits per heavy atom. The molecule has 0 aromatic heterocycles. The van der Waals surface area contributed by atoms with Gasteiger partial charge in [-0.25, -0.2) is 0 Å². The number of hydrogen-bond acceptors (Lipinski definition) is 6. The zero-order valence-corrected chi connectivity index (χ0v) is 21.1. The van der Waals surface area contributed by atoms with Crippen LogP contribution in [0.4, 0.5) is 0 Å². The maximum Gasteiger partial charge on any atom is 0.347 e. The van der Waals surface area contributed by atoms with Gasteiger partial charge < -0.3 is 13.8 Å². The summed E-state index contributed by atoms with van der Waals surface area (Å²) in [6, 6.07) is 18.9. The number of ether oxygens (including phenoxy) is 1. The van der Waals surface area contributed by atoms with Crippen LogP contribution >= 0.6 is 7.60 Å². The minimum atomic E-state index is -3.50.